The van der Waals surface area contributed by atoms with Crippen molar-refractivity contribution < 1.29 is 0 Å². The molecule has 0 amide bonds. The summed E-state index contributed by atoms with van der Waals surface area (Å²) in [5, 5.41) is 9.44. The molecule has 1 N–H and O–H groups in total. The molecule has 5 heteroatoms. The fraction of sp³-hybridized carbons (Fsp3) is 0.333. The normalized spacial score (nSPS) is 12.5. The average molecular weight is 249 g/mol. The standard InChI is InChI=1S/C12H15N3OS/c1-10(11-4-3-9-17-11)13-7-8-15-12(16)5-2-6-14-15/h2-6,9-10,13H,7-8H2,1H3. The molecule has 0 fully saturated rings. The average Bonchev–Trinajstić information content (AvgIpc) is 2.85. The fourth-order valence-electron chi connectivity index (χ4n) is 1.58. The van der Waals surface area contributed by atoms with Crippen LogP contribution in [0.4, 0.5) is 0 Å². The van der Waals surface area contributed by atoms with Gasteiger partial charge in [-0.25, -0.2) is 4.68 Å². The van der Waals surface area contributed by atoms with Gasteiger partial charge in [0, 0.05) is 29.7 Å². The number of thiophene rings is 1. The lowest BCUT2D eigenvalue weighted by atomic mass is 10.3. The largest absolute Gasteiger partial charge is 0.308 e. The van der Waals surface area contributed by atoms with Gasteiger partial charge >= 0.3 is 0 Å². The van der Waals surface area contributed by atoms with Gasteiger partial charge in [0.05, 0.1) is 6.54 Å². The molecule has 17 heavy (non-hydrogen) atoms. The molecule has 0 saturated heterocycles. The van der Waals surface area contributed by atoms with Crippen LogP contribution in [0.2, 0.25) is 0 Å². The third-order valence-electron chi connectivity index (χ3n) is 2.53. The summed E-state index contributed by atoms with van der Waals surface area (Å²) in [5.74, 6) is 0. The molecule has 1 unspecified atom stereocenters. The summed E-state index contributed by atoms with van der Waals surface area (Å²) in [5.41, 5.74) is -0.0573. The highest BCUT2D eigenvalue weighted by Crippen LogP contribution is 2.17. The molecule has 0 saturated carbocycles. The Morgan fingerprint density at radius 1 is 1.47 bits per heavy atom. The third-order valence-corrected chi connectivity index (χ3v) is 3.58. The number of hydrogen-bond donors (Lipinski definition) is 1. The van der Waals surface area contributed by atoms with Crippen molar-refractivity contribution in [2.24, 2.45) is 0 Å². The molecule has 2 rings (SSSR count). The third kappa shape index (κ3) is 3.25. The lowest BCUT2D eigenvalue weighted by molar-refractivity contribution is 0.496. The molecule has 1 atom stereocenters. The highest BCUT2D eigenvalue weighted by Gasteiger charge is 2.05. The van der Waals surface area contributed by atoms with Crippen LogP contribution in [0, 0.1) is 0 Å². The monoisotopic (exact) mass is 249 g/mol. The first-order valence-electron chi connectivity index (χ1n) is 5.56. The maximum absolute atomic E-state index is 11.4. The second-order valence-electron chi connectivity index (χ2n) is 3.78. The van der Waals surface area contributed by atoms with E-state index in [0.717, 1.165) is 6.54 Å². The van der Waals surface area contributed by atoms with Crippen LogP contribution in [0.3, 0.4) is 0 Å². The number of aromatic nitrogens is 2. The zero-order valence-corrected chi connectivity index (χ0v) is 10.5. The molecule has 0 aliphatic rings. The van der Waals surface area contributed by atoms with Crippen LogP contribution >= 0.6 is 11.3 Å². The number of nitrogens with one attached hydrogen (secondary N) is 1. The SMILES string of the molecule is CC(NCCn1ncccc1=O)c1cccs1. The molecule has 2 aromatic rings. The summed E-state index contributed by atoms with van der Waals surface area (Å²) in [6, 6.07) is 7.64. The van der Waals surface area contributed by atoms with Crippen molar-refractivity contribution in [2.75, 3.05) is 6.54 Å². The maximum atomic E-state index is 11.4. The Bertz CT molecular complexity index is 506. The summed E-state index contributed by atoms with van der Waals surface area (Å²) in [7, 11) is 0. The number of hydrogen-bond acceptors (Lipinski definition) is 4. The first-order valence-corrected chi connectivity index (χ1v) is 6.44. The summed E-state index contributed by atoms with van der Waals surface area (Å²) >= 11 is 1.73. The Balaban J connectivity index is 1.84. The molecule has 0 bridgehead atoms. The van der Waals surface area contributed by atoms with Crippen molar-refractivity contribution in [3.63, 3.8) is 0 Å². The van der Waals surface area contributed by atoms with Gasteiger partial charge in [0.1, 0.15) is 0 Å². The molecule has 90 valence electrons. The number of nitrogens with zero attached hydrogens (tertiary/aromatic N) is 2. The van der Waals surface area contributed by atoms with Crippen LogP contribution in [-0.2, 0) is 6.54 Å². The molecule has 0 aliphatic carbocycles. The van der Waals surface area contributed by atoms with Gasteiger partial charge in [0.2, 0.25) is 0 Å². The quantitative estimate of drug-likeness (QED) is 0.876. The minimum atomic E-state index is -0.0573. The van der Waals surface area contributed by atoms with E-state index in [1.807, 2.05) is 6.07 Å². The second-order valence-corrected chi connectivity index (χ2v) is 4.76. The molecule has 2 aromatic heterocycles. The summed E-state index contributed by atoms with van der Waals surface area (Å²) < 4.78 is 1.47. The Morgan fingerprint density at radius 3 is 3.06 bits per heavy atom. The van der Waals surface area contributed by atoms with Gasteiger partial charge in [-0.3, -0.25) is 4.79 Å². The zero-order valence-electron chi connectivity index (χ0n) is 9.67. The second kappa shape index (κ2) is 5.75. The van der Waals surface area contributed by atoms with Crippen molar-refractivity contribution in [3.05, 3.63) is 51.1 Å². The lowest BCUT2D eigenvalue weighted by Gasteiger charge is -2.12. The Morgan fingerprint density at radius 2 is 2.35 bits per heavy atom. The summed E-state index contributed by atoms with van der Waals surface area (Å²) in [6.45, 7) is 3.44. The van der Waals surface area contributed by atoms with Gasteiger partial charge in [0.25, 0.3) is 5.56 Å². The van der Waals surface area contributed by atoms with Gasteiger partial charge in [-0.05, 0) is 24.4 Å². The van der Waals surface area contributed by atoms with Gasteiger partial charge in [-0.1, -0.05) is 6.07 Å². The predicted molar refractivity (Wildman–Crippen MR) is 69.2 cm³/mol. The van der Waals surface area contributed by atoms with E-state index in [4.69, 9.17) is 0 Å². The van der Waals surface area contributed by atoms with E-state index in [1.165, 1.54) is 15.6 Å². The highest BCUT2D eigenvalue weighted by molar-refractivity contribution is 7.10. The van der Waals surface area contributed by atoms with Crippen molar-refractivity contribution in [1.82, 2.24) is 15.1 Å². The van der Waals surface area contributed by atoms with Crippen LogP contribution in [0.1, 0.15) is 17.8 Å². The topological polar surface area (TPSA) is 46.9 Å². The van der Waals surface area contributed by atoms with Crippen molar-refractivity contribution in [3.8, 4) is 0 Å². The summed E-state index contributed by atoms with van der Waals surface area (Å²) in [4.78, 5) is 12.7. The minimum absolute atomic E-state index is 0.0573. The van der Waals surface area contributed by atoms with Gasteiger partial charge in [-0.2, -0.15) is 5.10 Å². The van der Waals surface area contributed by atoms with Crippen LogP contribution in [0.15, 0.2) is 40.6 Å². The van der Waals surface area contributed by atoms with E-state index in [0.29, 0.717) is 12.6 Å². The lowest BCUT2D eigenvalue weighted by Crippen LogP contribution is -2.29. The van der Waals surface area contributed by atoms with E-state index in [2.05, 4.69) is 28.8 Å². The van der Waals surface area contributed by atoms with E-state index in [9.17, 15) is 4.79 Å². The first kappa shape index (κ1) is 12.0. The van der Waals surface area contributed by atoms with Crippen molar-refractivity contribution in [2.45, 2.75) is 19.5 Å². The van der Waals surface area contributed by atoms with Crippen LogP contribution in [0.5, 0.6) is 0 Å². The van der Waals surface area contributed by atoms with E-state index in [-0.39, 0.29) is 5.56 Å². The molecular weight excluding hydrogens is 234 g/mol. The molecular formula is C12H15N3OS. The molecule has 0 aliphatic heterocycles. The van der Waals surface area contributed by atoms with Crippen molar-refractivity contribution in [1.29, 1.82) is 0 Å². The van der Waals surface area contributed by atoms with E-state index in [1.54, 1.807) is 23.6 Å². The highest BCUT2D eigenvalue weighted by atomic mass is 32.1. The molecule has 0 spiro atoms. The molecule has 4 nitrogen and oxygen atoms in total. The summed E-state index contributed by atoms with van der Waals surface area (Å²) in [6.07, 6.45) is 1.63. The Labute approximate surface area is 104 Å². The Hall–Kier alpha value is -1.46. The van der Waals surface area contributed by atoms with Crippen LogP contribution in [-0.4, -0.2) is 16.3 Å². The molecule has 0 aromatic carbocycles. The molecule has 0 radical (unpaired) electrons. The Kier molecular flexibility index (Phi) is 4.06. The smallest absolute Gasteiger partial charge is 0.266 e. The zero-order chi connectivity index (χ0) is 12.1. The first-order chi connectivity index (χ1) is 8.27. The fourth-order valence-corrected chi connectivity index (χ4v) is 2.34. The van der Waals surface area contributed by atoms with Crippen LogP contribution in [0.25, 0.3) is 0 Å². The van der Waals surface area contributed by atoms with Gasteiger partial charge in [0.15, 0.2) is 0 Å². The van der Waals surface area contributed by atoms with E-state index < -0.39 is 0 Å². The van der Waals surface area contributed by atoms with E-state index >= 15 is 0 Å². The molecule has 2 heterocycles. The predicted octanol–water partition coefficient (Wildman–Crippen LogP) is 1.66. The van der Waals surface area contributed by atoms with Crippen molar-refractivity contribution >= 4 is 11.3 Å². The van der Waals surface area contributed by atoms with Crippen LogP contribution < -0.4 is 10.9 Å². The van der Waals surface area contributed by atoms with Gasteiger partial charge in [-0.15, -0.1) is 11.3 Å². The van der Waals surface area contributed by atoms with Gasteiger partial charge < -0.3 is 5.32 Å². The number of rotatable bonds is 5. The maximum Gasteiger partial charge on any atom is 0.266 e. The minimum Gasteiger partial charge on any atom is -0.308 e.